The molecule has 1 aromatic carbocycles. The van der Waals surface area contributed by atoms with Gasteiger partial charge >= 0.3 is 0 Å². The number of H-pyrrole nitrogens is 1. The second-order valence-corrected chi connectivity index (χ2v) is 5.59. The number of amides is 1. The molecular formula is C15H17FN4O3. The van der Waals surface area contributed by atoms with Gasteiger partial charge < -0.3 is 15.2 Å². The van der Waals surface area contributed by atoms with Crippen molar-refractivity contribution in [3.05, 3.63) is 41.5 Å². The van der Waals surface area contributed by atoms with Crippen LogP contribution in [0.2, 0.25) is 0 Å². The van der Waals surface area contributed by atoms with E-state index in [9.17, 15) is 14.3 Å². The van der Waals surface area contributed by atoms with Gasteiger partial charge in [0.25, 0.3) is 5.91 Å². The SMILES string of the molecule is COc1ccc([C@@H](NC(=O)c2cn[nH]n2)C2CC(O)C2)cc1F. The summed E-state index contributed by atoms with van der Waals surface area (Å²) < 4.78 is 18.9. The largest absolute Gasteiger partial charge is 0.494 e. The molecule has 1 aliphatic rings. The van der Waals surface area contributed by atoms with E-state index in [1.54, 1.807) is 6.07 Å². The summed E-state index contributed by atoms with van der Waals surface area (Å²) in [5.41, 5.74) is 0.779. The summed E-state index contributed by atoms with van der Waals surface area (Å²) in [5.74, 6) is -0.718. The third kappa shape index (κ3) is 3.16. The van der Waals surface area contributed by atoms with Crippen LogP contribution in [0.15, 0.2) is 24.4 Å². The highest BCUT2D eigenvalue weighted by atomic mass is 19.1. The standard InChI is InChI=1S/C15H17FN4O3/c1-23-13-3-2-8(6-11(13)16)14(9-4-10(21)5-9)18-15(22)12-7-17-20-19-12/h2-3,6-7,9-10,14,21H,4-5H2,1H3,(H,18,22)(H,17,19,20)/t9?,10?,14-/m1/s1. The van der Waals surface area contributed by atoms with E-state index in [2.05, 4.69) is 20.7 Å². The Hall–Kier alpha value is -2.48. The molecule has 1 aromatic heterocycles. The van der Waals surface area contributed by atoms with Gasteiger partial charge in [-0.15, -0.1) is 0 Å². The minimum absolute atomic E-state index is 0.0358. The van der Waals surface area contributed by atoms with Crippen molar-refractivity contribution in [2.75, 3.05) is 7.11 Å². The van der Waals surface area contributed by atoms with Crippen molar-refractivity contribution in [3.63, 3.8) is 0 Å². The molecule has 0 saturated heterocycles. The van der Waals surface area contributed by atoms with Gasteiger partial charge in [-0.25, -0.2) is 4.39 Å². The molecule has 1 heterocycles. The average Bonchev–Trinajstić information content (AvgIpc) is 3.04. The lowest BCUT2D eigenvalue weighted by atomic mass is 9.75. The van der Waals surface area contributed by atoms with Crippen LogP contribution < -0.4 is 10.1 Å². The van der Waals surface area contributed by atoms with Gasteiger partial charge in [0.05, 0.1) is 25.5 Å². The highest BCUT2D eigenvalue weighted by Crippen LogP contribution is 2.39. The van der Waals surface area contributed by atoms with E-state index >= 15 is 0 Å². The fourth-order valence-corrected chi connectivity index (χ4v) is 2.78. The maximum absolute atomic E-state index is 14.0. The zero-order chi connectivity index (χ0) is 16.4. The highest BCUT2D eigenvalue weighted by Gasteiger charge is 2.36. The Morgan fingerprint density at radius 2 is 2.30 bits per heavy atom. The number of aromatic nitrogens is 3. The van der Waals surface area contributed by atoms with Gasteiger partial charge in [-0.3, -0.25) is 4.79 Å². The van der Waals surface area contributed by atoms with Gasteiger partial charge in [-0.1, -0.05) is 6.07 Å². The Kier molecular flexibility index (Phi) is 4.24. The number of aliphatic hydroxyl groups is 1. The molecule has 122 valence electrons. The normalized spacial score (nSPS) is 21.3. The van der Waals surface area contributed by atoms with Crippen molar-refractivity contribution in [3.8, 4) is 5.75 Å². The van der Waals surface area contributed by atoms with Crippen molar-refractivity contribution in [1.29, 1.82) is 0 Å². The second-order valence-electron chi connectivity index (χ2n) is 5.59. The maximum atomic E-state index is 14.0. The number of hydrogen-bond acceptors (Lipinski definition) is 5. The number of benzene rings is 1. The van der Waals surface area contributed by atoms with Gasteiger partial charge in [0.1, 0.15) is 0 Å². The third-order valence-electron chi connectivity index (χ3n) is 4.09. The Balaban J connectivity index is 1.83. The number of nitrogens with zero attached hydrogens (tertiary/aromatic N) is 2. The lowest BCUT2D eigenvalue weighted by molar-refractivity contribution is 0.0234. The van der Waals surface area contributed by atoms with Gasteiger partial charge in [0, 0.05) is 0 Å². The molecule has 1 fully saturated rings. The molecule has 7 nitrogen and oxygen atoms in total. The zero-order valence-electron chi connectivity index (χ0n) is 12.5. The first-order chi connectivity index (χ1) is 11.1. The van der Waals surface area contributed by atoms with Crippen molar-refractivity contribution in [2.24, 2.45) is 5.92 Å². The summed E-state index contributed by atoms with van der Waals surface area (Å²) in [6.07, 6.45) is 2.04. The van der Waals surface area contributed by atoms with Crippen LogP contribution in [0, 0.1) is 11.7 Å². The van der Waals surface area contributed by atoms with Crippen molar-refractivity contribution < 1.29 is 19.0 Å². The van der Waals surface area contributed by atoms with Crippen LogP contribution in [0.4, 0.5) is 4.39 Å². The quantitative estimate of drug-likeness (QED) is 0.768. The molecule has 23 heavy (non-hydrogen) atoms. The molecule has 2 aromatic rings. The van der Waals surface area contributed by atoms with Crippen molar-refractivity contribution >= 4 is 5.91 Å². The lowest BCUT2D eigenvalue weighted by Crippen LogP contribution is -2.41. The number of hydrogen-bond donors (Lipinski definition) is 3. The van der Waals surface area contributed by atoms with E-state index in [4.69, 9.17) is 4.74 Å². The summed E-state index contributed by atoms with van der Waals surface area (Å²) >= 11 is 0. The van der Waals surface area contributed by atoms with Crippen LogP contribution in [0.25, 0.3) is 0 Å². The van der Waals surface area contributed by atoms with E-state index in [1.165, 1.54) is 25.4 Å². The smallest absolute Gasteiger partial charge is 0.273 e. The number of nitrogens with one attached hydrogen (secondary N) is 2. The minimum Gasteiger partial charge on any atom is -0.494 e. The predicted octanol–water partition coefficient (Wildman–Crippen LogP) is 1.19. The van der Waals surface area contributed by atoms with Gasteiger partial charge in [-0.05, 0) is 36.5 Å². The summed E-state index contributed by atoms with van der Waals surface area (Å²) in [5, 5.41) is 22.1. The molecule has 1 atom stereocenters. The number of carbonyl (C=O) groups excluding carboxylic acids is 1. The first-order valence-electron chi connectivity index (χ1n) is 7.26. The number of ether oxygens (including phenoxy) is 1. The maximum Gasteiger partial charge on any atom is 0.273 e. The number of aliphatic hydroxyl groups excluding tert-OH is 1. The lowest BCUT2D eigenvalue weighted by Gasteiger charge is -2.38. The van der Waals surface area contributed by atoms with E-state index in [0.717, 1.165) is 0 Å². The minimum atomic E-state index is -0.495. The summed E-state index contributed by atoms with van der Waals surface area (Å²) in [6.45, 7) is 0. The Labute approximate surface area is 131 Å². The van der Waals surface area contributed by atoms with Gasteiger partial charge in [0.15, 0.2) is 17.3 Å². The second kappa shape index (κ2) is 6.33. The third-order valence-corrected chi connectivity index (χ3v) is 4.09. The van der Waals surface area contributed by atoms with E-state index in [0.29, 0.717) is 18.4 Å². The molecule has 0 spiro atoms. The van der Waals surface area contributed by atoms with Crippen molar-refractivity contribution in [2.45, 2.75) is 25.0 Å². The molecule has 1 amide bonds. The van der Waals surface area contributed by atoms with Crippen molar-refractivity contribution in [1.82, 2.24) is 20.7 Å². The fourth-order valence-electron chi connectivity index (χ4n) is 2.78. The number of rotatable bonds is 5. The first kappa shape index (κ1) is 15.4. The monoisotopic (exact) mass is 320 g/mol. The van der Waals surface area contributed by atoms with Crippen LogP contribution in [-0.4, -0.2) is 39.6 Å². The molecule has 0 bridgehead atoms. The topological polar surface area (TPSA) is 100 Å². The molecule has 3 rings (SSSR count). The van der Waals surface area contributed by atoms with Crippen LogP contribution in [0.1, 0.15) is 34.9 Å². The molecule has 0 radical (unpaired) electrons. The van der Waals surface area contributed by atoms with E-state index < -0.39 is 17.8 Å². The molecule has 1 saturated carbocycles. The van der Waals surface area contributed by atoms with E-state index in [1.807, 2.05) is 0 Å². The predicted molar refractivity (Wildman–Crippen MR) is 78.3 cm³/mol. The van der Waals surface area contributed by atoms with Crippen LogP contribution in [-0.2, 0) is 0 Å². The van der Waals surface area contributed by atoms with Gasteiger partial charge in [0.2, 0.25) is 0 Å². The first-order valence-corrected chi connectivity index (χ1v) is 7.26. The molecular weight excluding hydrogens is 303 g/mol. The average molecular weight is 320 g/mol. The molecule has 3 N–H and O–H groups in total. The van der Waals surface area contributed by atoms with Gasteiger partial charge in [-0.2, -0.15) is 15.4 Å². The molecule has 8 heteroatoms. The molecule has 1 aliphatic carbocycles. The Morgan fingerprint density at radius 3 is 2.87 bits per heavy atom. The van der Waals surface area contributed by atoms with Crippen LogP contribution in [0.3, 0.4) is 0 Å². The number of halogens is 1. The molecule has 0 unspecified atom stereocenters. The Morgan fingerprint density at radius 1 is 1.52 bits per heavy atom. The zero-order valence-corrected chi connectivity index (χ0v) is 12.5. The summed E-state index contributed by atoms with van der Waals surface area (Å²) in [6, 6.07) is 4.16. The number of methoxy groups -OCH3 is 1. The van der Waals surface area contributed by atoms with Crippen LogP contribution in [0.5, 0.6) is 5.75 Å². The number of carbonyl (C=O) groups is 1. The fraction of sp³-hybridized carbons (Fsp3) is 0.400. The van der Waals surface area contributed by atoms with Crippen LogP contribution >= 0.6 is 0 Å². The van der Waals surface area contributed by atoms with E-state index in [-0.39, 0.29) is 23.5 Å². The molecule has 0 aliphatic heterocycles. The Bertz CT molecular complexity index is 686. The highest BCUT2D eigenvalue weighted by molar-refractivity contribution is 5.92. The summed E-state index contributed by atoms with van der Waals surface area (Å²) in [7, 11) is 1.39. The number of aromatic amines is 1. The summed E-state index contributed by atoms with van der Waals surface area (Å²) in [4.78, 5) is 12.2.